The minimum absolute atomic E-state index is 0.0993. The van der Waals surface area contributed by atoms with Crippen molar-refractivity contribution in [3.63, 3.8) is 0 Å². The Balaban J connectivity index is 1.12. The van der Waals surface area contributed by atoms with Crippen molar-refractivity contribution in [1.29, 1.82) is 0 Å². The molecule has 6 fully saturated rings. The molecule has 0 aromatic rings. The van der Waals surface area contributed by atoms with Gasteiger partial charge in [-0.3, -0.25) is 9.59 Å². The zero-order valence-corrected chi connectivity index (χ0v) is 30.4. The molecule has 51 heavy (non-hydrogen) atoms. The predicted molar refractivity (Wildman–Crippen MR) is 188 cm³/mol. The fourth-order valence-corrected chi connectivity index (χ4v) is 10.1. The van der Waals surface area contributed by atoms with Crippen LogP contribution in [-0.2, 0) is 28.6 Å². The Hall–Kier alpha value is -2.47. The van der Waals surface area contributed by atoms with Gasteiger partial charge in [-0.05, 0) is 63.7 Å². The van der Waals surface area contributed by atoms with Crippen LogP contribution < -0.4 is 26.8 Å². The fraction of sp³-hybridized carbons (Fsp3) is 0.829. The second-order valence-electron chi connectivity index (χ2n) is 15.3. The zero-order chi connectivity index (χ0) is 35.5. The highest BCUT2D eigenvalue weighted by Crippen LogP contribution is 2.45. The van der Waals surface area contributed by atoms with Gasteiger partial charge in [0.1, 0.15) is 23.7 Å². The number of rotatable bonds is 7. The van der Waals surface area contributed by atoms with Crippen molar-refractivity contribution in [1.82, 2.24) is 36.8 Å². The number of fused-ring (bicyclic) bond motifs is 2. The molecule has 2 aliphatic carbocycles. The molecular formula is C35H55N7O8S. The molecule has 2 saturated carbocycles. The van der Waals surface area contributed by atoms with Crippen molar-refractivity contribution in [2.75, 3.05) is 39.2 Å². The number of carboxylic acid groups (broad SMARTS) is 1. The molecule has 7 aliphatic rings. The number of hydrazine groups is 2. The number of nitrogens with zero attached hydrogens (tertiary/aromatic N) is 2. The van der Waals surface area contributed by atoms with Crippen molar-refractivity contribution in [3.8, 4) is 0 Å². The van der Waals surface area contributed by atoms with Crippen LogP contribution in [0.4, 0.5) is 4.79 Å². The highest BCUT2D eigenvalue weighted by Gasteiger charge is 2.61. The van der Waals surface area contributed by atoms with E-state index in [0.29, 0.717) is 51.2 Å². The summed E-state index contributed by atoms with van der Waals surface area (Å²) in [5.74, 6) is -0.756. The lowest BCUT2D eigenvalue weighted by Crippen LogP contribution is -2.56. The topological polar surface area (TPSA) is 183 Å². The first-order valence-corrected chi connectivity index (χ1v) is 20.1. The summed E-state index contributed by atoms with van der Waals surface area (Å²) in [7, 11) is 1.78. The number of methoxy groups -OCH3 is 1. The van der Waals surface area contributed by atoms with Crippen LogP contribution in [0, 0.1) is 11.8 Å². The van der Waals surface area contributed by atoms with Gasteiger partial charge in [0.2, 0.25) is 11.8 Å². The molecule has 0 aromatic carbocycles. The summed E-state index contributed by atoms with van der Waals surface area (Å²) >= 11 is 1.91. The summed E-state index contributed by atoms with van der Waals surface area (Å²) in [5, 5.41) is 21.8. The van der Waals surface area contributed by atoms with Gasteiger partial charge in [-0.2, -0.15) is 5.12 Å². The number of hydrogen-bond acceptors (Lipinski definition) is 12. The number of alkyl carbamates (subject to hydrolysis) is 1. The molecule has 0 bridgehead atoms. The quantitative estimate of drug-likeness (QED) is 0.206. The number of carboxylic acids is 1. The van der Waals surface area contributed by atoms with Crippen molar-refractivity contribution >= 4 is 35.6 Å². The van der Waals surface area contributed by atoms with Crippen molar-refractivity contribution in [2.45, 2.75) is 130 Å². The summed E-state index contributed by atoms with van der Waals surface area (Å²) in [4.78, 5) is 55.9. The van der Waals surface area contributed by atoms with Crippen LogP contribution in [0.25, 0.3) is 0 Å². The Morgan fingerprint density at radius 3 is 2.61 bits per heavy atom. The Labute approximate surface area is 304 Å². The predicted octanol–water partition coefficient (Wildman–Crippen LogP) is 1.25. The monoisotopic (exact) mass is 733 g/mol. The van der Waals surface area contributed by atoms with Gasteiger partial charge in [-0.25, -0.2) is 20.4 Å². The third-order valence-electron chi connectivity index (χ3n) is 12.1. The number of allylic oxidation sites excluding steroid dienone is 1. The lowest BCUT2D eigenvalue weighted by molar-refractivity contribution is -0.145. The molecule has 284 valence electrons. The van der Waals surface area contributed by atoms with Crippen LogP contribution >= 0.6 is 11.8 Å². The van der Waals surface area contributed by atoms with E-state index >= 15 is 0 Å². The summed E-state index contributed by atoms with van der Waals surface area (Å²) in [5.41, 5.74) is 6.14. The maximum atomic E-state index is 14.5. The van der Waals surface area contributed by atoms with E-state index in [1.165, 1.54) is 0 Å². The number of thioether (sulfide) groups is 1. The molecule has 5 aliphatic heterocycles. The summed E-state index contributed by atoms with van der Waals surface area (Å²) < 4.78 is 16.6. The number of carbonyl (C=O) groups is 4. The van der Waals surface area contributed by atoms with Crippen molar-refractivity contribution < 1.29 is 38.5 Å². The Morgan fingerprint density at radius 2 is 1.88 bits per heavy atom. The van der Waals surface area contributed by atoms with E-state index in [2.05, 4.69) is 26.8 Å². The number of hydrogen-bond donors (Lipinski definition) is 6. The highest BCUT2D eigenvalue weighted by atomic mass is 32.2. The zero-order valence-electron chi connectivity index (χ0n) is 29.6. The largest absolute Gasteiger partial charge is 0.479 e. The lowest BCUT2D eigenvalue weighted by atomic mass is 9.80. The molecule has 3 amide bonds. The second kappa shape index (κ2) is 16.3. The van der Waals surface area contributed by atoms with E-state index in [0.717, 1.165) is 57.2 Å². The minimum Gasteiger partial charge on any atom is -0.479 e. The molecule has 0 aromatic heterocycles. The molecule has 0 radical (unpaired) electrons. The van der Waals surface area contributed by atoms with Gasteiger partial charge in [0, 0.05) is 44.3 Å². The van der Waals surface area contributed by atoms with E-state index in [1.54, 1.807) is 12.0 Å². The molecule has 3 unspecified atom stereocenters. The standard InChI is InChI=1S/C35H55N7O8S/c1-48-24-11-9-21(10-12-24)28-29(31-36-14-16-51-31)40-42(39-28)23-17-27-30(43)38-35(33(45)46)18-22(35)7-5-3-2-4-6-8-26(32(44)41(27)19-23)37-34(47)50-25-13-15-49-20-25/h5,7,21-29,31,36,39-40H,2-4,6,8-20H2,1H3,(H,37,47)(H,38,43)(H,45,46)/b7-5-/t21?,22-,23-,24?,25+,26-,27+,28?,29?,31?,35+/m1/s1. The molecule has 0 spiro atoms. The maximum absolute atomic E-state index is 14.5. The number of ether oxygens (including phenoxy) is 3. The first-order valence-electron chi connectivity index (χ1n) is 19.0. The minimum atomic E-state index is -1.39. The van der Waals surface area contributed by atoms with Gasteiger partial charge in [0.05, 0.1) is 36.8 Å². The Bertz CT molecular complexity index is 1310. The van der Waals surface area contributed by atoms with E-state index in [4.69, 9.17) is 14.2 Å². The summed E-state index contributed by atoms with van der Waals surface area (Å²) in [6.07, 6.45) is 12.0. The highest BCUT2D eigenvalue weighted by molar-refractivity contribution is 8.00. The maximum Gasteiger partial charge on any atom is 0.408 e. The van der Waals surface area contributed by atoms with Crippen LogP contribution in [0.3, 0.4) is 0 Å². The summed E-state index contributed by atoms with van der Waals surface area (Å²) in [6, 6.07) is -1.85. The first-order chi connectivity index (χ1) is 24.8. The average molecular weight is 734 g/mol. The number of nitrogens with one attached hydrogen (secondary N) is 5. The van der Waals surface area contributed by atoms with Crippen molar-refractivity contribution in [3.05, 3.63) is 12.2 Å². The average Bonchev–Trinajstić information content (AvgIpc) is 3.77. The first kappa shape index (κ1) is 36.9. The Morgan fingerprint density at radius 1 is 1.06 bits per heavy atom. The fourth-order valence-electron chi connectivity index (χ4n) is 8.94. The van der Waals surface area contributed by atoms with Crippen LogP contribution in [-0.4, -0.2) is 131 Å². The van der Waals surface area contributed by atoms with Crippen LogP contribution in [0.5, 0.6) is 0 Å². The van der Waals surface area contributed by atoms with Gasteiger partial charge in [-0.15, -0.1) is 11.8 Å². The van der Waals surface area contributed by atoms with Gasteiger partial charge < -0.3 is 40.2 Å². The summed E-state index contributed by atoms with van der Waals surface area (Å²) in [6.45, 7) is 2.01. The Kier molecular flexibility index (Phi) is 11.8. The van der Waals surface area contributed by atoms with E-state index in [-0.39, 0.29) is 54.1 Å². The number of carbonyl (C=O) groups excluding carboxylic acids is 3. The van der Waals surface area contributed by atoms with Crippen molar-refractivity contribution in [2.24, 2.45) is 11.8 Å². The molecular weight excluding hydrogens is 678 g/mol. The molecule has 4 saturated heterocycles. The second-order valence-corrected chi connectivity index (χ2v) is 16.6. The molecule has 5 heterocycles. The van der Waals surface area contributed by atoms with Gasteiger partial charge in [0.15, 0.2) is 0 Å². The SMILES string of the molecule is COC1CCC(C2NN([C@@H]3C[C@H]4C(=O)N[C@@]5(C(=O)O)C[C@H]5/C=C\CCCCC[C@@H](NC(=O)O[C@H]5CCOC5)C(=O)N4C3)NC2C2NCCS2)CC1. The number of aliphatic carboxylic acids is 1. The van der Waals surface area contributed by atoms with E-state index < -0.39 is 35.6 Å². The third kappa shape index (κ3) is 8.21. The van der Waals surface area contributed by atoms with Crippen LogP contribution in [0.2, 0.25) is 0 Å². The molecule has 15 nitrogen and oxygen atoms in total. The third-order valence-corrected chi connectivity index (χ3v) is 13.3. The van der Waals surface area contributed by atoms with E-state index in [1.807, 2.05) is 29.0 Å². The lowest BCUT2D eigenvalue weighted by Gasteiger charge is -2.35. The van der Waals surface area contributed by atoms with Crippen LogP contribution in [0.15, 0.2) is 12.2 Å². The molecule has 16 heteroatoms. The molecule has 9 atom stereocenters. The van der Waals surface area contributed by atoms with Gasteiger partial charge in [-0.1, -0.05) is 25.0 Å². The normalized spacial score (nSPS) is 41.5. The van der Waals surface area contributed by atoms with Crippen LogP contribution in [0.1, 0.15) is 77.0 Å². The van der Waals surface area contributed by atoms with E-state index in [9.17, 15) is 24.3 Å². The molecule has 7 rings (SSSR count). The van der Waals surface area contributed by atoms with Gasteiger partial charge >= 0.3 is 12.1 Å². The smallest absolute Gasteiger partial charge is 0.408 e. The molecule has 6 N–H and O–H groups in total. The number of amides is 3. The van der Waals surface area contributed by atoms with Gasteiger partial charge in [0.25, 0.3) is 0 Å².